The van der Waals surface area contributed by atoms with Crippen molar-refractivity contribution in [2.75, 3.05) is 9.71 Å². The van der Waals surface area contributed by atoms with Crippen LogP contribution in [0.3, 0.4) is 0 Å². The molecule has 0 saturated heterocycles. The Hall–Kier alpha value is -8.32. The Morgan fingerprint density at radius 2 is 1.05 bits per heavy atom. The van der Waals surface area contributed by atoms with E-state index >= 15 is 0 Å². The van der Waals surface area contributed by atoms with Crippen molar-refractivity contribution in [2.24, 2.45) is 0 Å². The van der Waals surface area contributed by atoms with Crippen LogP contribution in [0.4, 0.5) is 28.4 Å². The minimum Gasteiger partial charge on any atom is -0.455 e. The predicted molar refractivity (Wildman–Crippen MR) is 367 cm³/mol. The van der Waals surface area contributed by atoms with Crippen LogP contribution in [0.5, 0.6) is 0 Å². The first-order chi connectivity index (χ1) is 40.4. The summed E-state index contributed by atoms with van der Waals surface area (Å²) in [5.41, 5.74) is 27.0. The predicted octanol–water partition coefficient (Wildman–Crippen LogP) is 21.3. The zero-order chi connectivity index (χ0) is 58.8. The molecule has 0 radical (unpaired) electrons. The number of furan rings is 1. The molecule has 0 spiro atoms. The fourth-order valence-electron chi connectivity index (χ4n) is 14.9. The number of nitrogens with zero attached hydrogens (tertiary/aromatic N) is 3. The molecule has 4 nitrogen and oxygen atoms in total. The molecule has 0 N–H and O–H groups in total. The fraction of sp³-hybridized carbons (Fsp3) is 0.241. The van der Waals surface area contributed by atoms with Crippen LogP contribution in [-0.2, 0) is 27.1 Å². The van der Waals surface area contributed by atoms with Crippen molar-refractivity contribution in [3.05, 3.63) is 215 Å². The lowest BCUT2D eigenvalue weighted by molar-refractivity contribution is 0.590. The van der Waals surface area contributed by atoms with Crippen molar-refractivity contribution in [3.8, 4) is 27.9 Å². The van der Waals surface area contributed by atoms with E-state index in [1.165, 1.54) is 131 Å². The summed E-state index contributed by atoms with van der Waals surface area (Å²) in [7, 11) is 0. The van der Waals surface area contributed by atoms with Gasteiger partial charge in [-0.25, -0.2) is 0 Å². The molecular formula is C79H72BN3OS. The molecule has 13 aromatic rings. The molecule has 0 fully saturated rings. The molecule has 1 aliphatic carbocycles. The van der Waals surface area contributed by atoms with Crippen molar-refractivity contribution >= 4 is 121 Å². The van der Waals surface area contributed by atoms with Gasteiger partial charge in [0.1, 0.15) is 11.2 Å². The van der Waals surface area contributed by atoms with Crippen molar-refractivity contribution in [3.63, 3.8) is 0 Å². The van der Waals surface area contributed by atoms with Gasteiger partial charge in [0, 0.05) is 81.4 Å². The van der Waals surface area contributed by atoms with Crippen LogP contribution in [0.1, 0.15) is 130 Å². The standard InChI is InChI=1S/C79H72BN3OS/c1-75(2,3)45-23-30-49(31-24-45)81(50-32-25-46(26-33-50)76(4,5)6)52-36-37-54-57-42-64-59(43-68(57)85-67(54)40-52)69-70-55-20-16-18-22-66(55)84-74(70)71-58-39-48(78(10,11)12)29-38-63(58)82-65-41-56-53-19-15-17-21-60(53)79(13,14)61(56)44-62(65)80(72(69)73(71)82)83(64)51-34-27-47(28-35-51)77(7,8)9/h15-44H,1-14H3. The van der Waals surface area contributed by atoms with E-state index in [0.717, 1.165) is 33.6 Å². The molecule has 85 heavy (non-hydrogen) atoms. The average Bonchev–Trinajstić information content (AvgIpc) is 1.59. The van der Waals surface area contributed by atoms with Gasteiger partial charge in [-0.3, -0.25) is 0 Å². The summed E-state index contributed by atoms with van der Waals surface area (Å²) >= 11 is 1.91. The molecule has 418 valence electrons. The lowest BCUT2D eigenvalue weighted by atomic mass is 9.43. The molecule has 3 aromatic heterocycles. The topological polar surface area (TPSA) is 24.6 Å². The summed E-state index contributed by atoms with van der Waals surface area (Å²) in [6, 6.07) is 70.7. The summed E-state index contributed by atoms with van der Waals surface area (Å²) in [5.74, 6) is 0. The monoisotopic (exact) mass is 1120 g/mol. The number of rotatable bonds is 4. The molecule has 0 atom stereocenters. The lowest BCUT2D eigenvalue weighted by Gasteiger charge is -2.42. The number of aromatic nitrogens is 1. The van der Waals surface area contributed by atoms with E-state index in [2.05, 4.69) is 293 Å². The average molecular weight is 1120 g/mol. The van der Waals surface area contributed by atoms with Gasteiger partial charge in [0.2, 0.25) is 0 Å². The Kier molecular flexibility index (Phi) is 10.7. The van der Waals surface area contributed by atoms with Crippen LogP contribution in [0.15, 0.2) is 186 Å². The van der Waals surface area contributed by atoms with Gasteiger partial charge >= 0.3 is 6.85 Å². The number of thiophene rings is 1. The van der Waals surface area contributed by atoms with Crippen LogP contribution in [0.25, 0.3) is 91.9 Å². The van der Waals surface area contributed by atoms with E-state index in [4.69, 9.17) is 4.42 Å². The van der Waals surface area contributed by atoms with Gasteiger partial charge in [0.05, 0.1) is 16.4 Å². The lowest BCUT2D eigenvalue weighted by Crippen LogP contribution is -2.60. The van der Waals surface area contributed by atoms with Gasteiger partial charge in [-0.05, 0) is 168 Å². The van der Waals surface area contributed by atoms with E-state index < -0.39 is 0 Å². The maximum atomic E-state index is 7.41. The minimum absolute atomic E-state index is 0.0155. The fourth-order valence-corrected chi connectivity index (χ4v) is 16.1. The van der Waals surface area contributed by atoms with Crippen molar-refractivity contribution < 1.29 is 4.42 Å². The number of para-hydroxylation sites is 1. The molecule has 3 aliphatic rings. The Balaban J connectivity index is 1.02. The normalized spacial score (nSPS) is 14.5. The van der Waals surface area contributed by atoms with E-state index in [-0.39, 0.29) is 33.9 Å². The summed E-state index contributed by atoms with van der Waals surface area (Å²) < 4.78 is 12.6. The zero-order valence-electron chi connectivity index (χ0n) is 51.6. The number of anilines is 5. The van der Waals surface area contributed by atoms with Gasteiger partial charge in [-0.2, -0.15) is 0 Å². The molecule has 10 aromatic carbocycles. The highest BCUT2D eigenvalue weighted by Gasteiger charge is 2.48. The maximum Gasteiger partial charge on any atom is 0.333 e. The van der Waals surface area contributed by atoms with Crippen LogP contribution >= 0.6 is 11.3 Å². The van der Waals surface area contributed by atoms with E-state index in [9.17, 15) is 0 Å². The summed E-state index contributed by atoms with van der Waals surface area (Å²) in [6.07, 6.45) is 0. The molecule has 0 bridgehead atoms. The summed E-state index contributed by atoms with van der Waals surface area (Å²) in [6.45, 7) is 32.4. The highest BCUT2D eigenvalue weighted by molar-refractivity contribution is 7.26. The zero-order valence-corrected chi connectivity index (χ0v) is 52.4. The van der Waals surface area contributed by atoms with Crippen LogP contribution in [0.2, 0.25) is 0 Å². The third-order valence-corrected chi connectivity index (χ3v) is 20.7. The van der Waals surface area contributed by atoms with Gasteiger partial charge in [0.15, 0.2) is 0 Å². The summed E-state index contributed by atoms with van der Waals surface area (Å²) in [5, 5.41) is 7.29. The van der Waals surface area contributed by atoms with E-state index in [1.807, 2.05) is 11.3 Å². The Labute approximate surface area is 504 Å². The first-order valence-corrected chi connectivity index (χ1v) is 31.4. The second-order valence-corrected chi connectivity index (χ2v) is 30.5. The maximum absolute atomic E-state index is 7.41. The van der Waals surface area contributed by atoms with Gasteiger partial charge in [0.25, 0.3) is 0 Å². The molecule has 16 rings (SSSR count). The molecule has 0 unspecified atom stereocenters. The smallest absolute Gasteiger partial charge is 0.333 e. The summed E-state index contributed by atoms with van der Waals surface area (Å²) in [4.78, 5) is 5.18. The highest BCUT2D eigenvalue weighted by Crippen LogP contribution is 2.56. The van der Waals surface area contributed by atoms with Crippen LogP contribution in [0, 0.1) is 0 Å². The van der Waals surface area contributed by atoms with Crippen LogP contribution in [-0.4, -0.2) is 11.4 Å². The molecular weight excluding hydrogens is 1050 g/mol. The number of hydrogen-bond acceptors (Lipinski definition) is 4. The number of benzene rings is 10. The molecule has 0 amide bonds. The molecule has 5 heterocycles. The third kappa shape index (κ3) is 7.52. The quantitative estimate of drug-likeness (QED) is 0.164. The van der Waals surface area contributed by atoms with Gasteiger partial charge in [-0.1, -0.05) is 194 Å². The second-order valence-electron chi connectivity index (χ2n) is 29.4. The number of fused-ring (bicyclic) bond motifs is 19. The van der Waals surface area contributed by atoms with Crippen molar-refractivity contribution in [1.29, 1.82) is 0 Å². The number of hydrogen-bond donors (Lipinski definition) is 0. The van der Waals surface area contributed by atoms with E-state index in [0.29, 0.717) is 0 Å². The first kappa shape index (κ1) is 52.3. The molecule has 0 saturated carbocycles. The highest BCUT2D eigenvalue weighted by atomic mass is 32.1. The van der Waals surface area contributed by atoms with Gasteiger partial charge < -0.3 is 18.7 Å². The van der Waals surface area contributed by atoms with Crippen molar-refractivity contribution in [1.82, 2.24) is 4.57 Å². The SMILES string of the molecule is CC(C)(C)c1ccc(N2B3c4cc5c(cc4-n4c6ccc(C(C)(C)C)cc6c6c7oc8ccccc8c7c(c3c64)-c3cc4sc6cc(N(c7ccc(C(C)(C)C)cc7)c7ccc(C(C)(C)C)cc7)ccc6c4cc32)-c2ccccc2C5(C)C)cc1. The Bertz CT molecular complexity index is 4940. The third-order valence-electron chi connectivity index (χ3n) is 19.6. The largest absolute Gasteiger partial charge is 0.455 e. The van der Waals surface area contributed by atoms with E-state index in [1.54, 1.807) is 0 Å². The van der Waals surface area contributed by atoms with Gasteiger partial charge in [-0.15, -0.1) is 11.3 Å². The molecule has 6 heteroatoms. The Morgan fingerprint density at radius 3 is 1.71 bits per heavy atom. The van der Waals surface area contributed by atoms with Crippen molar-refractivity contribution in [2.45, 2.75) is 124 Å². The molecule has 2 aliphatic heterocycles. The Morgan fingerprint density at radius 1 is 0.459 bits per heavy atom. The van der Waals surface area contributed by atoms with Crippen LogP contribution < -0.4 is 20.6 Å². The first-order valence-electron chi connectivity index (χ1n) is 30.6. The second kappa shape index (κ2) is 17.4. The minimum atomic E-state index is -0.210.